The van der Waals surface area contributed by atoms with E-state index in [1.165, 1.54) is 19.2 Å². The molecule has 0 aliphatic heterocycles. The van der Waals surface area contributed by atoms with Crippen molar-refractivity contribution < 1.29 is 13.2 Å². The fraction of sp³-hybridized carbons (Fsp3) is 0.500. The van der Waals surface area contributed by atoms with Crippen LogP contribution in [0.4, 0.5) is 0 Å². The molecule has 1 amide bonds. The van der Waals surface area contributed by atoms with Gasteiger partial charge in [0.2, 0.25) is 5.91 Å². The van der Waals surface area contributed by atoms with Crippen LogP contribution < -0.4 is 0 Å². The van der Waals surface area contributed by atoms with Crippen molar-refractivity contribution in [2.24, 2.45) is 0 Å². The van der Waals surface area contributed by atoms with Gasteiger partial charge in [-0.25, -0.2) is 8.42 Å². The zero-order chi connectivity index (χ0) is 15.3. The monoisotopic (exact) mass is 315 g/mol. The van der Waals surface area contributed by atoms with Gasteiger partial charge in [0.1, 0.15) is 15.2 Å². The van der Waals surface area contributed by atoms with E-state index in [1.54, 1.807) is 4.90 Å². The van der Waals surface area contributed by atoms with E-state index in [9.17, 15) is 13.2 Å². The first kappa shape index (κ1) is 16.6. The molecule has 1 aromatic rings. The van der Waals surface area contributed by atoms with Crippen molar-refractivity contribution in [1.29, 1.82) is 5.26 Å². The van der Waals surface area contributed by atoms with Crippen LogP contribution in [0.5, 0.6) is 0 Å². The third-order valence-electron chi connectivity index (χ3n) is 2.83. The minimum Gasteiger partial charge on any atom is -0.342 e. The SMILES string of the molecule is CCN(CC)C(=O)CN(C)S(=O)(=O)c1ccc(C#N)s1. The summed E-state index contributed by atoms with van der Waals surface area (Å²) >= 11 is 0.899. The van der Waals surface area contributed by atoms with Crippen LogP contribution in [0.1, 0.15) is 18.7 Å². The standard InChI is InChI=1S/C12H17N3O3S2/c1-4-15(5-2)11(16)9-14(3)20(17,18)12-7-6-10(8-13)19-12/h6-7H,4-5,9H2,1-3H3. The number of rotatable bonds is 6. The van der Waals surface area contributed by atoms with Gasteiger partial charge in [-0.05, 0) is 26.0 Å². The molecule has 0 radical (unpaired) electrons. The predicted octanol–water partition coefficient (Wildman–Crippen LogP) is 1.11. The first-order valence-corrected chi connectivity index (χ1v) is 8.36. The molecule has 0 N–H and O–H groups in total. The Bertz CT molecular complexity index is 612. The summed E-state index contributed by atoms with van der Waals surface area (Å²) in [6.45, 7) is 4.56. The van der Waals surface area contributed by atoms with Crippen molar-refractivity contribution in [3.63, 3.8) is 0 Å². The lowest BCUT2D eigenvalue weighted by Crippen LogP contribution is -2.40. The minimum atomic E-state index is -3.72. The molecule has 1 heterocycles. The number of hydrogen-bond acceptors (Lipinski definition) is 5. The van der Waals surface area contributed by atoms with E-state index in [0.717, 1.165) is 15.6 Å². The number of sulfonamides is 1. The topological polar surface area (TPSA) is 81.5 Å². The van der Waals surface area contributed by atoms with E-state index in [1.807, 2.05) is 19.9 Å². The summed E-state index contributed by atoms with van der Waals surface area (Å²) in [5.74, 6) is -0.238. The van der Waals surface area contributed by atoms with Crippen LogP contribution in [0.2, 0.25) is 0 Å². The lowest BCUT2D eigenvalue weighted by molar-refractivity contribution is -0.130. The van der Waals surface area contributed by atoms with E-state index in [4.69, 9.17) is 5.26 Å². The summed E-state index contributed by atoms with van der Waals surface area (Å²) < 4.78 is 25.6. The van der Waals surface area contributed by atoms with Gasteiger partial charge < -0.3 is 4.90 Å². The molecule has 6 nitrogen and oxygen atoms in total. The molecule has 110 valence electrons. The zero-order valence-corrected chi connectivity index (χ0v) is 13.3. The summed E-state index contributed by atoms with van der Waals surface area (Å²) in [6, 6.07) is 4.74. The largest absolute Gasteiger partial charge is 0.342 e. The van der Waals surface area contributed by atoms with Crippen molar-refractivity contribution in [3.8, 4) is 6.07 Å². The molecule has 1 aromatic heterocycles. The Hall–Kier alpha value is -1.43. The molecule has 0 fully saturated rings. The minimum absolute atomic E-state index is 0.0731. The van der Waals surface area contributed by atoms with Gasteiger partial charge in [-0.2, -0.15) is 9.57 Å². The van der Waals surface area contributed by atoms with Gasteiger partial charge in [-0.1, -0.05) is 0 Å². The van der Waals surface area contributed by atoms with Crippen molar-refractivity contribution in [2.45, 2.75) is 18.1 Å². The third-order valence-corrected chi connectivity index (χ3v) is 6.09. The Morgan fingerprint density at radius 1 is 1.35 bits per heavy atom. The molecule has 20 heavy (non-hydrogen) atoms. The summed E-state index contributed by atoms with van der Waals surface area (Å²) in [5, 5.41) is 8.73. The average Bonchev–Trinajstić information content (AvgIpc) is 2.89. The van der Waals surface area contributed by atoms with Crippen molar-refractivity contribution in [3.05, 3.63) is 17.0 Å². The fourth-order valence-corrected chi connectivity index (χ4v) is 4.06. The highest BCUT2D eigenvalue weighted by atomic mass is 32.2. The van der Waals surface area contributed by atoms with Gasteiger partial charge >= 0.3 is 0 Å². The lowest BCUT2D eigenvalue weighted by atomic mass is 10.4. The van der Waals surface area contributed by atoms with E-state index in [0.29, 0.717) is 18.0 Å². The van der Waals surface area contributed by atoms with Crippen LogP contribution in [0.3, 0.4) is 0 Å². The molecule has 0 bridgehead atoms. The molecule has 0 aliphatic carbocycles. The van der Waals surface area contributed by atoms with Gasteiger partial charge in [-0.15, -0.1) is 11.3 Å². The molecular formula is C12H17N3O3S2. The normalized spacial score (nSPS) is 11.3. The number of nitrogens with zero attached hydrogens (tertiary/aromatic N) is 3. The number of hydrogen-bond donors (Lipinski definition) is 0. The van der Waals surface area contributed by atoms with Gasteiger partial charge in [0.05, 0.1) is 6.54 Å². The Morgan fingerprint density at radius 3 is 2.40 bits per heavy atom. The Kier molecular flexibility index (Phi) is 5.68. The first-order chi connectivity index (χ1) is 9.36. The van der Waals surface area contributed by atoms with Crippen molar-refractivity contribution in [2.75, 3.05) is 26.7 Å². The summed E-state index contributed by atoms with van der Waals surface area (Å²) in [6.07, 6.45) is 0. The quantitative estimate of drug-likeness (QED) is 0.787. The maximum atomic E-state index is 12.3. The summed E-state index contributed by atoms with van der Waals surface area (Å²) in [5.41, 5.74) is 0. The first-order valence-electron chi connectivity index (χ1n) is 6.10. The van der Waals surface area contributed by atoms with Crippen molar-refractivity contribution in [1.82, 2.24) is 9.21 Å². The average molecular weight is 315 g/mol. The molecule has 1 rings (SSSR count). The van der Waals surface area contributed by atoms with E-state index < -0.39 is 10.0 Å². The second kappa shape index (κ2) is 6.83. The number of carbonyl (C=O) groups is 1. The molecule has 8 heteroatoms. The molecule has 0 aromatic carbocycles. The van der Waals surface area contributed by atoms with Crippen LogP contribution in [-0.2, 0) is 14.8 Å². The highest BCUT2D eigenvalue weighted by Gasteiger charge is 2.26. The third kappa shape index (κ3) is 3.56. The van der Waals surface area contributed by atoms with Gasteiger partial charge in [0.15, 0.2) is 0 Å². The smallest absolute Gasteiger partial charge is 0.252 e. The van der Waals surface area contributed by atoms with Crippen LogP contribution in [0.15, 0.2) is 16.3 Å². The summed E-state index contributed by atoms with van der Waals surface area (Å²) in [4.78, 5) is 13.8. The van der Waals surface area contributed by atoms with E-state index in [2.05, 4.69) is 0 Å². The molecule has 0 saturated heterocycles. The van der Waals surface area contributed by atoms with Crippen LogP contribution in [0.25, 0.3) is 0 Å². The number of amides is 1. The number of thiophene rings is 1. The van der Waals surface area contributed by atoms with E-state index >= 15 is 0 Å². The second-order valence-electron chi connectivity index (χ2n) is 4.06. The van der Waals surface area contributed by atoms with Gasteiger partial charge in [-0.3, -0.25) is 4.79 Å². The van der Waals surface area contributed by atoms with Crippen LogP contribution in [0, 0.1) is 11.3 Å². The lowest BCUT2D eigenvalue weighted by Gasteiger charge is -2.22. The Morgan fingerprint density at radius 2 is 1.95 bits per heavy atom. The molecule has 0 aliphatic rings. The summed E-state index contributed by atoms with van der Waals surface area (Å²) in [7, 11) is -2.36. The van der Waals surface area contributed by atoms with Crippen molar-refractivity contribution >= 4 is 27.3 Å². The van der Waals surface area contributed by atoms with E-state index in [-0.39, 0.29) is 16.7 Å². The molecular weight excluding hydrogens is 298 g/mol. The Balaban J connectivity index is 2.88. The van der Waals surface area contributed by atoms with Gasteiger partial charge in [0, 0.05) is 20.1 Å². The van der Waals surface area contributed by atoms with Gasteiger partial charge in [0.25, 0.3) is 10.0 Å². The maximum absolute atomic E-state index is 12.3. The molecule has 0 atom stereocenters. The second-order valence-corrected chi connectivity index (χ2v) is 7.41. The number of likely N-dealkylation sites (N-methyl/N-ethyl adjacent to an activating group) is 2. The molecule has 0 spiro atoms. The fourth-order valence-electron chi connectivity index (χ4n) is 1.62. The predicted molar refractivity (Wildman–Crippen MR) is 76.8 cm³/mol. The Labute approximate surface area is 123 Å². The highest BCUT2D eigenvalue weighted by molar-refractivity contribution is 7.91. The maximum Gasteiger partial charge on any atom is 0.252 e. The number of carbonyl (C=O) groups excluding carboxylic acids is 1. The zero-order valence-electron chi connectivity index (χ0n) is 11.7. The number of nitriles is 1. The highest BCUT2D eigenvalue weighted by Crippen LogP contribution is 2.23. The van der Waals surface area contributed by atoms with Crippen LogP contribution >= 0.6 is 11.3 Å². The molecule has 0 unspecified atom stereocenters. The molecule has 0 saturated carbocycles. The van der Waals surface area contributed by atoms with Crippen LogP contribution in [-0.4, -0.2) is 50.2 Å².